The fourth-order valence-electron chi connectivity index (χ4n) is 1.65. The molecule has 0 spiro atoms. The summed E-state index contributed by atoms with van der Waals surface area (Å²) >= 11 is 0. The fourth-order valence-corrected chi connectivity index (χ4v) is 1.65. The minimum atomic E-state index is -0.136. The maximum atomic E-state index is 11.7. The van der Waals surface area contributed by atoms with Crippen LogP contribution < -0.4 is 10.6 Å². The Labute approximate surface area is 111 Å². The predicted molar refractivity (Wildman–Crippen MR) is 74.8 cm³/mol. The highest BCUT2D eigenvalue weighted by Gasteiger charge is 2.11. The first kappa shape index (κ1) is 17.4. The summed E-state index contributed by atoms with van der Waals surface area (Å²) in [5.41, 5.74) is 0. The lowest BCUT2D eigenvalue weighted by molar-refractivity contribution is -0.122. The first-order chi connectivity index (χ1) is 8.65. The number of methoxy groups -OCH3 is 1. The van der Waals surface area contributed by atoms with Crippen LogP contribution in [0.25, 0.3) is 0 Å². The Bertz CT molecular complexity index is 208. The molecule has 5 heteroatoms. The lowest BCUT2D eigenvalue weighted by Gasteiger charge is -2.20. The Balaban J connectivity index is 3.61. The van der Waals surface area contributed by atoms with E-state index in [1.165, 1.54) is 0 Å². The summed E-state index contributed by atoms with van der Waals surface area (Å²) in [6.07, 6.45) is 0.856. The van der Waals surface area contributed by atoms with Crippen molar-refractivity contribution in [3.8, 4) is 0 Å². The molecule has 0 bridgehead atoms. The molecule has 108 valence electrons. The van der Waals surface area contributed by atoms with Crippen molar-refractivity contribution in [3.63, 3.8) is 0 Å². The molecule has 0 aromatic rings. The SMILES string of the molecule is CCN(CC)CCNC(C)C(=O)NCCCOC. The van der Waals surface area contributed by atoms with Gasteiger partial charge in [0.15, 0.2) is 0 Å². The smallest absolute Gasteiger partial charge is 0.236 e. The molecule has 0 saturated carbocycles. The van der Waals surface area contributed by atoms with Crippen molar-refractivity contribution in [2.75, 3.05) is 46.4 Å². The van der Waals surface area contributed by atoms with Crippen molar-refractivity contribution in [2.24, 2.45) is 0 Å². The Kier molecular flexibility index (Phi) is 11.0. The summed E-state index contributed by atoms with van der Waals surface area (Å²) in [5, 5.41) is 6.13. The molecule has 0 fully saturated rings. The molecule has 1 amide bonds. The van der Waals surface area contributed by atoms with E-state index in [9.17, 15) is 4.79 Å². The molecule has 1 atom stereocenters. The van der Waals surface area contributed by atoms with Crippen LogP contribution in [-0.2, 0) is 9.53 Å². The van der Waals surface area contributed by atoms with Gasteiger partial charge in [-0.2, -0.15) is 0 Å². The second-order valence-corrected chi connectivity index (χ2v) is 4.34. The molecule has 0 saturated heterocycles. The van der Waals surface area contributed by atoms with Gasteiger partial charge >= 0.3 is 0 Å². The second-order valence-electron chi connectivity index (χ2n) is 4.34. The van der Waals surface area contributed by atoms with Crippen LogP contribution in [0, 0.1) is 0 Å². The molecule has 0 heterocycles. The molecule has 18 heavy (non-hydrogen) atoms. The normalized spacial score (nSPS) is 12.7. The Morgan fingerprint density at radius 3 is 2.50 bits per heavy atom. The van der Waals surface area contributed by atoms with Crippen LogP contribution in [0.1, 0.15) is 27.2 Å². The fraction of sp³-hybridized carbons (Fsp3) is 0.923. The van der Waals surface area contributed by atoms with E-state index in [0.717, 1.165) is 32.6 Å². The van der Waals surface area contributed by atoms with Gasteiger partial charge in [-0.05, 0) is 26.4 Å². The van der Waals surface area contributed by atoms with Gasteiger partial charge in [0, 0.05) is 33.4 Å². The Hall–Kier alpha value is -0.650. The highest BCUT2D eigenvalue weighted by molar-refractivity contribution is 5.81. The number of carbonyl (C=O) groups is 1. The van der Waals surface area contributed by atoms with Crippen molar-refractivity contribution in [1.29, 1.82) is 0 Å². The van der Waals surface area contributed by atoms with E-state index in [-0.39, 0.29) is 11.9 Å². The quantitative estimate of drug-likeness (QED) is 0.529. The first-order valence-corrected chi connectivity index (χ1v) is 6.88. The molecular formula is C13H29N3O2. The molecule has 0 aliphatic heterocycles. The molecule has 0 rings (SSSR count). The minimum Gasteiger partial charge on any atom is -0.385 e. The number of nitrogens with zero attached hydrogens (tertiary/aromatic N) is 1. The predicted octanol–water partition coefficient (Wildman–Crippen LogP) is 0.459. The third kappa shape index (κ3) is 8.44. The topological polar surface area (TPSA) is 53.6 Å². The van der Waals surface area contributed by atoms with Gasteiger partial charge in [0.2, 0.25) is 5.91 Å². The lowest BCUT2D eigenvalue weighted by atomic mass is 10.3. The number of likely N-dealkylation sites (N-methyl/N-ethyl adjacent to an activating group) is 1. The zero-order valence-electron chi connectivity index (χ0n) is 12.3. The molecule has 0 aliphatic rings. The van der Waals surface area contributed by atoms with Crippen LogP contribution in [0.5, 0.6) is 0 Å². The standard InChI is InChI=1S/C13H29N3O2/c1-5-16(6-2)10-9-14-12(3)13(17)15-8-7-11-18-4/h12,14H,5-11H2,1-4H3,(H,15,17). The molecule has 0 aromatic carbocycles. The van der Waals surface area contributed by atoms with Crippen LogP contribution in [0.3, 0.4) is 0 Å². The molecule has 0 aliphatic carbocycles. The summed E-state index contributed by atoms with van der Waals surface area (Å²) in [7, 11) is 1.67. The van der Waals surface area contributed by atoms with Gasteiger partial charge in [0.1, 0.15) is 0 Å². The van der Waals surface area contributed by atoms with Crippen molar-refractivity contribution < 1.29 is 9.53 Å². The van der Waals surface area contributed by atoms with E-state index in [1.54, 1.807) is 7.11 Å². The molecule has 1 unspecified atom stereocenters. The van der Waals surface area contributed by atoms with Gasteiger partial charge < -0.3 is 20.3 Å². The number of hydrogen-bond acceptors (Lipinski definition) is 4. The number of rotatable bonds is 11. The van der Waals surface area contributed by atoms with Gasteiger partial charge in [0.25, 0.3) is 0 Å². The van der Waals surface area contributed by atoms with Crippen LogP contribution in [0.15, 0.2) is 0 Å². The zero-order chi connectivity index (χ0) is 13.8. The minimum absolute atomic E-state index is 0.0608. The molecule has 2 N–H and O–H groups in total. The van der Waals surface area contributed by atoms with Crippen LogP contribution in [0.4, 0.5) is 0 Å². The average molecular weight is 259 g/mol. The van der Waals surface area contributed by atoms with E-state index < -0.39 is 0 Å². The van der Waals surface area contributed by atoms with Crippen LogP contribution in [0.2, 0.25) is 0 Å². The van der Waals surface area contributed by atoms with E-state index in [2.05, 4.69) is 29.4 Å². The summed E-state index contributed by atoms with van der Waals surface area (Å²) in [4.78, 5) is 14.0. The first-order valence-electron chi connectivity index (χ1n) is 6.88. The lowest BCUT2D eigenvalue weighted by Crippen LogP contribution is -2.45. The number of hydrogen-bond donors (Lipinski definition) is 2. The highest BCUT2D eigenvalue weighted by atomic mass is 16.5. The summed E-state index contributed by atoms with van der Waals surface area (Å²) in [6, 6.07) is -0.136. The number of amides is 1. The van der Waals surface area contributed by atoms with Gasteiger partial charge in [-0.1, -0.05) is 13.8 Å². The number of ether oxygens (including phenoxy) is 1. The van der Waals surface area contributed by atoms with Crippen LogP contribution >= 0.6 is 0 Å². The van der Waals surface area contributed by atoms with E-state index in [1.807, 2.05) is 6.92 Å². The summed E-state index contributed by atoms with van der Waals surface area (Å²) in [6.45, 7) is 11.5. The monoisotopic (exact) mass is 259 g/mol. The second kappa shape index (κ2) is 11.4. The Morgan fingerprint density at radius 2 is 1.94 bits per heavy atom. The molecule has 5 nitrogen and oxygen atoms in total. The highest BCUT2D eigenvalue weighted by Crippen LogP contribution is 1.87. The molecular weight excluding hydrogens is 230 g/mol. The van der Waals surface area contributed by atoms with Crippen LogP contribution in [-0.4, -0.2) is 63.3 Å². The van der Waals surface area contributed by atoms with Crippen molar-refractivity contribution in [3.05, 3.63) is 0 Å². The average Bonchev–Trinajstić information content (AvgIpc) is 2.39. The van der Waals surface area contributed by atoms with E-state index in [0.29, 0.717) is 13.2 Å². The summed E-state index contributed by atoms with van der Waals surface area (Å²) < 4.78 is 4.93. The summed E-state index contributed by atoms with van der Waals surface area (Å²) in [5.74, 6) is 0.0608. The largest absolute Gasteiger partial charge is 0.385 e. The maximum Gasteiger partial charge on any atom is 0.236 e. The number of nitrogens with one attached hydrogen (secondary N) is 2. The van der Waals surface area contributed by atoms with Gasteiger partial charge in [0.05, 0.1) is 6.04 Å². The van der Waals surface area contributed by atoms with Gasteiger partial charge in [-0.15, -0.1) is 0 Å². The van der Waals surface area contributed by atoms with Crippen molar-refractivity contribution in [1.82, 2.24) is 15.5 Å². The number of carbonyl (C=O) groups excluding carboxylic acids is 1. The van der Waals surface area contributed by atoms with E-state index >= 15 is 0 Å². The van der Waals surface area contributed by atoms with Crippen molar-refractivity contribution >= 4 is 5.91 Å². The third-order valence-electron chi connectivity index (χ3n) is 2.99. The van der Waals surface area contributed by atoms with Crippen molar-refractivity contribution in [2.45, 2.75) is 33.2 Å². The maximum absolute atomic E-state index is 11.7. The van der Waals surface area contributed by atoms with Gasteiger partial charge in [-0.25, -0.2) is 0 Å². The van der Waals surface area contributed by atoms with E-state index in [4.69, 9.17) is 4.74 Å². The third-order valence-corrected chi connectivity index (χ3v) is 2.99. The zero-order valence-corrected chi connectivity index (χ0v) is 12.3. The molecule has 0 aromatic heterocycles. The Morgan fingerprint density at radius 1 is 1.28 bits per heavy atom. The molecule has 0 radical (unpaired) electrons. The van der Waals surface area contributed by atoms with Gasteiger partial charge in [-0.3, -0.25) is 4.79 Å².